The van der Waals surface area contributed by atoms with Gasteiger partial charge in [0, 0.05) is 26.0 Å². The molecule has 1 heterocycles. The van der Waals surface area contributed by atoms with Gasteiger partial charge in [-0.25, -0.2) is 0 Å². The van der Waals surface area contributed by atoms with Gasteiger partial charge in [0.05, 0.1) is 16.8 Å². The number of anilines is 2. The summed E-state index contributed by atoms with van der Waals surface area (Å²) in [6.07, 6.45) is -9.19. The van der Waals surface area contributed by atoms with E-state index in [2.05, 4.69) is 25.9 Å². The molecule has 7 nitrogen and oxygen atoms in total. The van der Waals surface area contributed by atoms with Gasteiger partial charge >= 0.3 is 12.4 Å². The lowest BCUT2D eigenvalue weighted by Crippen LogP contribution is -2.22. The fourth-order valence-electron chi connectivity index (χ4n) is 2.21. The van der Waals surface area contributed by atoms with Crippen LogP contribution in [0.1, 0.15) is 17.0 Å². The number of nitrogens with zero attached hydrogens (tertiary/aromatic N) is 5. The predicted molar refractivity (Wildman–Crippen MR) is 82.2 cm³/mol. The highest BCUT2D eigenvalue weighted by Crippen LogP contribution is 2.45. The molecule has 0 fully saturated rings. The summed E-state index contributed by atoms with van der Waals surface area (Å²) in [6.45, 7) is 0. The van der Waals surface area contributed by atoms with Crippen LogP contribution in [-0.2, 0) is 12.4 Å². The van der Waals surface area contributed by atoms with Gasteiger partial charge in [0.2, 0.25) is 5.82 Å². The molecule has 0 radical (unpaired) electrons. The average Bonchev–Trinajstić information content (AvgIpc) is 3.07. The fourth-order valence-corrected chi connectivity index (χ4v) is 2.21. The van der Waals surface area contributed by atoms with Crippen LogP contribution in [0.5, 0.6) is 0 Å². The first-order valence-electron chi connectivity index (χ1n) is 7.05. The number of benzene rings is 1. The van der Waals surface area contributed by atoms with Crippen LogP contribution in [-0.4, -0.2) is 34.7 Å². The smallest absolute Gasteiger partial charge is 0.377 e. The summed E-state index contributed by atoms with van der Waals surface area (Å²) < 4.78 is 79.9. The van der Waals surface area contributed by atoms with Crippen molar-refractivity contribution in [1.82, 2.24) is 20.6 Å². The number of tetrazole rings is 1. The quantitative estimate of drug-likeness (QED) is 0.614. The van der Waals surface area contributed by atoms with Crippen molar-refractivity contribution in [2.75, 3.05) is 24.3 Å². The van der Waals surface area contributed by atoms with E-state index in [-0.39, 0.29) is 11.4 Å². The summed E-state index contributed by atoms with van der Waals surface area (Å²) in [5.74, 6) is -0.179. The van der Waals surface area contributed by atoms with E-state index < -0.39 is 34.9 Å². The molecule has 0 saturated heterocycles. The maximum absolute atomic E-state index is 13.3. The van der Waals surface area contributed by atoms with E-state index in [0.29, 0.717) is 12.1 Å². The van der Waals surface area contributed by atoms with E-state index in [1.165, 1.54) is 0 Å². The lowest BCUT2D eigenvalue weighted by molar-refractivity contribution is -0.142. The van der Waals surface area contributed by atoms with Gasteiger partial charge in [-0.15, -0.1) is 10.2 Å². The summed E-state index contributed by atoms with van der Waals surface area (Å²) in [5, 5.41) is 23.6. The van der Waals surface area contributed by atoms with Crippen LogP contribution in [0.4, 0.5) is 37.7 Å². The minimum absolute atomic E-state index is 0.179. The second-order valence-electron chi connectivity index (χ2n) is 5.36. The molecule has 144 valence electrons. The number of hydrogen-bond donors (Lipinski definition) is 2. The lowest BCUT2D eigenvalue weighted by Gasteiger charge is -2.25. The van der Waals surface area contributed by atoms with Gasteiger partial charge in [0.1, 0.15) is 11.6 Å². The van der Waals surface area contributed by atoms with Crippen molar-refractivity contribution in [2.24, 2.45) is 0 Å². The van der Waals surface area contributed by atoms with Crippen LogP contribution in [0.2, 0.25) is 0 Å². The molecule has 13 heteroatoms. The maximum Gasteiger partial charge on any atom is 0.418 e. The molecular formula is C14H11F6N7. The Hall–Kier alpha value is -3.30. The van der Waals surface area contributed by atoms with Crippen molar-refractivity contribution >= 4 is 16.9 Å². The second-order valence-corrected chi connectivity index (χ2v) is 5.36. The molecular weight excluding hydrogens is 380 g/mol. The molecule has 2 aromatic rings. The fraction of sp³-hybridized carbons (Fsp3) is 0.286. The lowest BCUT2D eigenvalue weighted by atomic mass is 10.0. The number of aromatic amines is 1. The molecule has 0 bridgehead atoms. The minimum atomic E-state index is -5.03. The van der Waals surface area contributed by atoms with E-state index in [4.69, 9.17) is 5.26 Å². The zero-order valence-electron chi connectivity index (χ0n) is 13.7. The third-order valence-electron chi connectivity index (χ3n) is 3.26. The number of nitriles is 1. The molecule has 0 saturated carbocycles. The highest BCUT2D eigenvalue weighted by atomic mass is 19.4. The third kappa shape index (κ3) is 4.46. The number of aromatic nitrogens is 4. The first kappa shape index (κ1) is 20.0. The molecule has 27 heavy (non-hydrogen) atoms. The molecule has 1 aromatic heterocycles. The molecule has 0 aliphatic carbocycles. The highest BCUT2D eigenvalue weighted by molar-refractivity contribution is 5.75. The van der Waals surface area contributed by atoms with Gasteiger partial charge in [0.15, 0.2) is 0 Å². The summed E-state index contributed by atoms with van der Waals surface area (Å²) >= 11 is 0. The van der Waals surface area contributed by atoms with Gasteiger partial charge in [-0.1, -0.05) is 0 Å². The number of H-pyrrole nitrogens is 1. The molecule has 0 spiro atoms. The minimum Gasteiger partial charge on any atom is -0.377 e. The normalized spacial score (nSPS) is 12.6. The molecule has 2 N–H and O–H groups in total. The largest absolute Gasteiger partial charge is 0.418 e. The molecule has 0 aliphatic rings. The van der Waals surface area contributed by atoms with Crippen LogP contribution >= 0.6 is 0 Å². The van der Waals surface area contributed by atoms with Crippen molar-refractivity contribution in [3.8, 4) is 6.07 Å². The van der Waals surface area contributed by atoms with Crippen molar-refractivity contribution in [2.45, 2.75) is 12.4 Å². The van der Waals surface area contributed by atoms with Crippen LogP contribution < -0.4 is 10.2 Å². The van der Waals surface area contributed by atoms with E-state index in [0.717, 1.165) is 25.2 Å². The standard InChI is InChI=1S/C14H11F6N7/c1-27(2)11-9(13(15,16)17)3-8(4-10(11)14(18,19)20)22-6-7(5-21)12-23-25-26-24-12/h3-4,6,22H,1-2H3,(H,23,24,25,26). The van der Waals surface area contributed by atoms with E-state index in [1.54, 1.807) is 6.07 Å². The van der Waals surface area contributed by atoms with Gasteiger partial charge in [-0.05, 0) is 17.3 Å². The number of allylic oxidation sites excluding steroid dienone is 1. The van der Waals surface area contributed by atoms with E-state index >= 15 is 0 Å². The van der Waals surface area contributed by atoms with Crippen LogP contribution in [0, 0.1) is 11.3 Å². The Morgan fingerprint density at radius 2 is 1.70 bits per heavy atom. The molecule has 0 unspecified atom stereocenters. The molecule has 1 aromatic carbocycles. The third-order valence-corrected chi connectivity index (χ3v) is 3.26. The summed E-state index contributed by atoms with van der Waals surface area (Å²) in [5.41, 5.74) is -4.73. The van der Waals surface area contributed by atoms with Crippen LogP contribution in [0.3, 0.4) is 0 Å². The monoisotopic (exact) mass is 391 g/mol. The van der Waals surface area contributed by atoms with Gasteiger partial charge in [0.25, 0.3) is 0 Å². The topological polar surface area (TPSA) is 93.5 Å². The Labute approximate surface area is 148 Å². The molecule has 0 aliphatic heterocycles. The van der Waals surface area contributed by atoms with Crippen molar-refractivity contribution in [1.29, 1.82) is 5.26 Å². The average molecular weight is 391 g/mol. The van der Waals surface area contributed by atoms with Gasteiger partial charge in [-0.3, -0.25) is 0 Å². The molecule has 2 rings (SSSR count). The van der Waals surface area contributed by atoms with E-state index in [9.17, 15) is 26.3 Å². The first-order valence-corrected chi connectivity index (χ1v) is 7.05. The highest BCUT2D eigenvalue weighted by Gasteiger charge is 2.42. The Morgan fingerprint density at radius 3 is 2.07 bits per heavy atom. The summed E-state index contributed by atoms with van der Waals surface area (Å²) in [6, 6.07) is 2.70. The van der Waals surface area contributed by atoms with E-state index in [1.807, 2.05) is 0 Å². The Kier molecular flexibility index (Phi) is 5.29. The number of halogens is 6. The van der Waals surface area contributed by atoms with Crippen LogP contribution in [0.25, 0.3) is 5.57 Å². The van der Waals surface area contributed by atoms with Crippen LogP contribution in [0.15, 0.2) is 18.3 Å². The maximum atomic E-state index is 13.3. The molecule has 0 amide bonds. The van der Waals surface area contributed by atoms with Crippen molar-refractivity contribution < 1.29 is 26.3 Å². The Balaban J connectivity index is 2.60. The number of rotatable bonds is 4. The Bertz CT molecular complexity index is 840. The van der Waals surface area contributed by atoms with Gasteiger partial charge in [-0.2, -0.15) is 36.8 Å². The summed E-state index contributed by atoms with van der Waals surface area (Å²) in [7, 11) is 2.16. The summed E-state index contributed by atoms with van der Waals surface area (Å²) in [4.78, 5) is 0.741. The predicted octanol–water partition coefficient (Wildman–Crippen LogP) is 3.28. The zero-order valence-corrected chi connectivity index (χ0v) is 13.7. The number of alkyl halides is 6. The number of hydrogen-bond acceptors (Lipinski definition) is 6. The zero-order chi connectivity index (χ0) is 20.4. The number of nitrogens with one attached hydrogen (secondary N) is 2. The van der Waals surface area contributed by atoms with Crippen molar-refractivity contribution in [3.63, 3.8) is 0 Å². The SMILES string of the molecule is CN(C)c1c(C(F)(F)F)cc(NC=C(C#N)c2nn[nH]n2)cc1C(F)(F)F. The second kappa shape index (κ2) is 7.14. The van der Waals surface area contributed by atoms with Crippen molar-refractivity contribution in [3.05, 3.63) is 35.3 Å². The molecule has 0 atom stereocenters. The Morgan fingerprint density at radius 1 is 1.15 bits per heavy atom. The first-order chi connectivity index (χ1) is 12.4. The van der Waals surface area contributed by atoms with Gasteiger partial charge < -0.3 is 10.2 Å².